The Hall–Kier alpha value is -0.830. The van der Waals surface area contributed by atoms with Gasteiger partial charge in [0.2, 0.25) is 0 Å². The smallest absolute Gasteiger partial charge is 0.309 e. The fraction of sp³-hybridized carbons (Fsp3) is 0.727. The van der Waals surface area contributed by atoms with E-state index in [-0.39, 0.29) is 6.04 Å². The van der Waals surface area contributed by atoms with E-state index in [1.54, 1.807) is 14.2 Å². The lowest BCUT2D eigenvalue weighted by Gasteiger charge is -2.27. The molecule has 0 N–H and O–H groups in total. The number of imidazole rings is 1. The van der Waals surface area contributed by atoms with Crippen LogP contribution in [0, 0.1) is 0 Å². The Labute approximate surface area is 115 Å². The Morgan fingerprint density at radius 3 is 2.47 bits per heavy atom. The minimum absolute atomic E-state index is 0.181. The molecule has 0 amide bonds. The minimum atomic E-state index is -2.59. The SMILES string of the molecule is COCCN(CCOC)C(C)c1nccn1S(=O)F. The molecule has 0 spiro atoms. The second kappa shape index (κ2) is 8.36. The van der Waals surface area contributed by atoms with Crippen molar-refractivity contribution in [2.24, 2.45) is 0 Å². The summed E-state index contributed by atoms with van der Waals surface area (Å²) in [7, 11) is 3.24. The van der Waals surface area contributed by atoms with Gasteiger partial charge in [-0.2, -0.15) is 4.21 Å². The Morgan fingerprint density at radius 1 is 1.42 bits per heavy atom. The molecule has 0 saturated carbocycles. The molecule has 0 fully saturated rings. The van der Waals surface area contributed by atoms with Crippen LogP contribution in [0.2, 0.25) is 0 Å². The number of methoxy groups -OCH3 is 2. The van der Waals surface area contributed by atoms with E-state index < -0.39 is 11.4 Å². The average Bonchev–Trinajstić information content (AvgIpc) is 2.87. The standard InChI is InChI=1S/C11H20FN3O3S/c1-10(11-13-4-5-15(11)19(12)16)14(6-8-17-2)7-9-18-3/h4-5,10H,6-9H2,1-3H3. The Morgan fingerprint density at radius 2 is 2.00 bits per heavy atom. The number of hydrogen-bond donors (Lipinski definition) is 0. The molecule has 1 rings (SSSR count). The van der Waals surface area contributed by atoms with Gasteiger partial charge in [0.05, 0.1) is 19.3 Å². The molecular weight excluding hydrogens is 273 g/mol. The molecule has 2 unspecified atom stereocenters. The predicted octanol–water partition coefficient (Wildman–Crippen LogP) is 0.935. The summed E-state index contributed by atoms with van der Waals surface area (Å²) in [4.78, 5) is 6.12. The predicted molar refractivity (Wildman–Crippen MR) is 70.6 cm³/mol. The second-order valence-electron chi connectivity index (χ2n) is 4.02. The largest absolute Gasteiger partial charge is 0.383 e. The van der Waals surface area contributed by atoms with Crippen molar-refractivity contribution in [1.82, 2.24) is 13.9 Å². The molecule has 2 atom stereocenters. The Balaban J connectivity index is 2.81. The summed E-state index contributed by atoms with van der Waals surface area (Å²) in [5.41, 5.74) is 0. The number of aromatic nitrogens is 2. The van der Waals surface area contributed by atoms with Gasteiger partial charge >= 0.3 is 11.4 Å². The number of rotatable bonds is 9. The van der Waals surface area contributed by atoms with Gasteiger partial charge in [-0.1, -0.05) is 0 Å². The third-order valence-electron chi connectivity index (χ3n) is 2.88. The van der Waals surface area contributed by atoms with Crippen LogP contribution in [0.25, 0.3) is 0 Å². The zero-order chi connectivity index (χ0) is 14.3. The maximum atomic E-state index is 13.0. The van der Waals surface area contributed by atoms with Crippen LogP contribution in [0.1, 0.15) is 18.8 Å². The summed E-state index contributed by atoms with van der Waals surface area (Å²) in [6.07, 6.45) is 2.81. The first-order chi connectivity index (χ1) is 9.11. The molecule has 0 radical (unpaired) electrons. The quantitative estimate of drug-likeness (QED) is 0.634. The van der Waals surface area contributed by atoms with E-state index in [4.69, 9.17) is 9.47 Å². The van der Waals surface area contributed by atoms with Gasteiger partial charge in [0.15, 0.2) is 0 Å². The highest BCUT2D eigenvalue weighted by molar-refractivity contribution is 7.78. The molecule has 0 aliphatic heterocycles. The van der Waals surface area contributed by atoms with Crippen LogP contribution in [0.4, 0.5) is 3.89 Å². The van der Waals surface area contributed by atoms with Crippen molar-refractivity contribution < 1.29 is 17.6 Å². The third kappa shape index (κ3) is 4.64. The Kier molecular flexibility index (Phi) is 7.14. The topological polar surface area (TPSA) is 56.6 Å². The van der Waals surface area contributed by atoms with Crippen molar-refractivity contribution in [3.63, 3.8) is 0 Å². The van der Waals surface area contributed by atoms with E-state index in [9.17, 15) is 8.09 Å². The van der Waals surface area contributed by atoms with Gasteiger partial charge in [-0.25, -0.2) is 8.96 Å². The first-order valence-corrected chi connectivity index (χ1v) is 6.96. The van der Waals surface area contributed by atoms with Crippen LogP contribution in [-0.2, 0) is 20.8 Å². The summed E-state index contributed by atoms with van der Waals surface area (Å²) >= 11 is -2.59. The molecule has 1 aromatic rings. The van der Waals surface area contributed by atoms with Gasteiger partial charge in [-0.05, 0) is 6.92 Å². The van der Waals surface area contributed by atoms with Crippen molar-refractivity contribution in [2.75, 3.05) is 40.5 Å². The van der Waals surface area contributed by atoms with Gasteiger partial charge < -0.3 is 9.47 Å². The van der Waals surface area contributed by atoms with Crippen molar-refractivity contribution >= 4 is 11.4 Å². The van der Waals surface area contributed by atoms with E-state index >= 15 is 0 Å². The molecule has 0 aliphatic rings. The first kappa shape index (κ1) is 16.2. The van der Waals surface area contributed by atoms with Crippen molar-refractivity contribution in [3.05, 3.63) is 18.2 Å². The van der Waals surface area contributed by atoms with Gasteiger partial charge in [0, 0.05) is 39.7 Å². The van der Waals surface area contributed by atoms with Gasteiger partial charge in [0.1, 0.15) is 5.82 Å². The van der Waals surface area contributed by atoms with Crippen LogP contribution >= 0.6 is 0 Å². The number of ether oxygens (including phenoxy) is 2. The van der Waals surface area contributed by atoms with Gasteiger partial charge in [0.25, 0.3) is 0 Å². The second-order valence-corrected chi connectivity index (χ2v) is 4.82. The number of halogens is 1. The van der Waals surface area contributed by atoms with Crippen LogP contribution < -0.4 is 0 Å². The highest BCUT2D eigenvalue weighted by Gasteiger charge is 2.21. The van der Waals surface area contributed by atoms with Crippen LogP contribution in [-0.4, -0.2) is 58.6 Å². The van der Waals surface area contributed by atoms with Crippen LogP contribution in [0.3, 0.4) is 0 Å². The molecular formula is C11H20FN3O3S. The monoisotopic (exact) mass is 293 g/mol. The van der Waals surface area contributed by atoms with Crippen LogP contribution in [0.15, 0.2) is 12.4 Å². The summed E-state index contributed by atoms with van der Waals surface area (Å²) in [6.45, 7) is 4.30. The molecule has 8 heteroatoms. The third-order valence-corrected chi connectivity index (χ3v) is 3.49. The summed E-state index contributed by atoms with van der Waals surface area (Å²) in [5, 5.41) is 0. The van der Waals surface area contributed by atoms with E-state index in [1.165, 1.54) is 12.4 Å². The average molecular weight is 293 g/mol. The maximum absolute atomic E-state index is 13.0. The summed E-state index contributed by atoms with van der Waals surface area (Å²) in [6, 6.07) is -0.181. The molecule has 19 heavy (non-hydrogen) atoms. The number of hydrogen-bond acceptors (Lipinski definition) is 5. The fourth-order valence-electron chi connectivity index (χ4n) is 1.80. The zero-order valence-corrected chi connectivity index (χ0v) is 12.2. The normalized spacial score (nSPS) is 14.8. The van der Waals surface area contributed by atoms with E-state index in [1.807, 2.05) is 11.8 Å². The van der Waals surface area contributed by atoms with Crippen molar-refractivity contribution in [3.8, 4) is 0 Å². The Bertz CT molecular complexity index is 394. The lowest BCUT2D eigenvalue weighted by Crippen LogP contribution is -2.34. The van der Waals surface area contributed by atoms with Gasteiger partial charge in [-0.3, -0.25) is 4.90 Å². The van der Waals surface area contributed by atoms with E-state index in [0.717, 1.165) is 3.97 Å². The molecule has 0 bridgehead atoms. The van der Waals surface area contributed by atoms with Crippen LogP contribution in [0.5, 0.6) is 0 Å². The van der Waals surface area contributed by atoms with E-state index in [0.29, 0.717) is 32.1 Å². The molecule has 6 nitrogen and oxygen atoms in total. The van der Waals surface area contributed by atoms with Gasteiger partial charge in [-0.15, -0.1) is 3.89 Å². The lowest BCUT2D eigenvalue weighted by atomic mass is 10.2. The van der Waals surface area contributed by atoms with E-state index in [2.05, 4.69) is 4.98 Å². The first-order valence-electron chi connectivity index (χ1n) is 5.95. The minimum Gasteiger partial charge on any atom is -0.383 e. The van der Waals surface area contributed by atoms with Crippen molar-refractivity contribution in [1.29, 1.82) is 0 Å². The van der Waals surface area contributed by atoms with Crippen molar-refractivity contribution in [2.45, 2.75) is 13.0 Å². The molecule has 1 aromatic heterocycles. The molecule has 0 saturated heterocycles. The fourth-order valence-corrected chi connectivity index (χ4v) is 2.29. The maximum Gasteiger partial charge on any atom is 0.309 e. The summed E-state index contributed by atoms with van der Waals surface area (Å²) in [5.74, 6) is 0.424. The molecule has 0 aliphatic carbocycles. The highest BCUT2D eigenvalue weighted by atomic mass is 32.2. The summed E-state index contributed by atoms with van der Waals surface area (Å²) < 4.78 is 35.1. The number of nitrogens with zero attached hydrogens (tertiary/aromatic N) is 3. The molecule has 1 heterocycles. The lowest BCUT2D eigenvalue weighted by molar-refractivity contribution is 0.0895. The molecule has 110 valence electrons. The highest BCUT2D eigenvalue weighted by Crippen LogP contribution is 2.19. The zero-order valence-electron chi connectivity index (χ0n) is 11.4. The molecule has 0 aromatic carbocycles.